The smallest absolute Gasteiger partial charge is 0.251 e. The van der Waals surface area contributed by atoms with Gasteiger partial charge in [0.25, 0.3) is 5.91 Å². The van der Waals surface area contributed by atoms with E-state index in [2.05, 4.69) is 17.6 Å². The van der Waals surface area contributed by atoms with E-state index in [1.54, 1.807) is 0 Å². The monoisotopic (exact) mass is 272 g/mol. The zero-order valence-corrected chi connectivity index (χ0v) is 12.2. The zero-order valence-electron chi connectivity index (χ0n) is 12.2. The maximum Gasteiger partial charge on any atom is 0.251 e. The van der Waals surface area contributed by atoms with Crippen LogP contribution in [-0.2, 0) is 6.42 Å². The molecule has 1 aromatic rings. The number of hydrogen-bond donors (Lipinski definition) is 2. The quantitative estimate of drug-likeness (QED) is 0.886. The van der Waals surface area contributed by atoms with Gasteiger partial charge in [-0.1, -0.05) is 19.3 Å². The summed E-state index contributed by atoms with van der Waals surface area (Å²) in [4.78, 5) is 12.4. The first-order valence-corrected chi connectivity index (χ1v) is 7.92. The van der Waals surface area contributed by atoms with E-state index in [-0.39, 0.29) is 11.9 Å². The third-order valence-electron chi connectivity index (χ3n) is 4.79. The third kappa shape index (κ3) is 2.82. The minimum absolute atomic E-state index is 0.0813. The van der Waals surface area contributed by atoms with Crippen LogP contribution >= 0.6 is 0 Å². The van der Waals surface area contributed by atoms with Crippen LogP contribution in [0.25, 0.3) is 0 Å². The number of rotatable bonds is 3. The normalized spacial score (nSPS) is 20.1. The van der Waals surface area contributed by atoms with Gasteiger partial charge in [-0.25, -0.2) is 0 Å². The lowest BCUT2D eigenvalue weighted by Crippen LogP contribution is -2.38. The molecule has 0 bridgehead atoms. The Labute approximate surface area is 121 Å². The van der Waals surface area contributed by atoms with Crippen molar-refractivity contribution in [1.82, 2.24) is 5.32 Å². The molecule has 0 aromatic heterocycles. The molecule has 1 aliphatic carbocycles. The lowest BCUT2D eigenvalue weighted by atomic mass is 9.84. The fourth-order valence-corrected chi connectivity index (χ4v) is 3.49. The van der Waals surface area contributed by atoms with Gasteiger partial charge < -0.3 is 10.6 Å². The summed E-state index contributed by atoms with van der Waals surface area (Å²) >= 11 is 0. The number of benzene rings is 1. The molecule has 0 saturated heterocycles. The van der Waals surface area contributed by atoms with Crippen molar-refractivity contribution < 1.29 is 4.79 Å². The number of hydrogen-bond acceptors (Lipinski definition) is 2. The minimum Gasteiger partial charge on any atom is -0.384 e. The van der Waals surface area contributed by atoms with E-state index in [0.717, 1.165) is 18.5 Å². The summed E-state index contributed by atoms with van der Waals surface area (Å²) in [6.07, 6.45) is 7.53. The minimum atomic E-state index is 0.0813. The van der Waals surface area contributed by atoms with Crippen LogP contribution in [0.2, 0.25) is 0 Å². The van der Waals surface area contributed by atoms with Gasteiger partial charge in [0.2, 0.25) is 0 Å². The first-order valence-electron chi connectivity index (χ1n) is 7.92. The van der Waals surface area contributed by atoms with Crippen molar-refractivity contribution >= 4 is 11.6 Å². The number of fused-ring (bicyclic) bond motifs is 1. The van der Waals surface area contributed by atoms with E-state index in [4.69, 9.17) is 0 Å². The predicted molar refractivity (Wildman–Crippen MR) is 82.1 cm³/mol. The second kappa shape index (κ2) is 5.86. The van der Waals surface area contributed by atoms with E-state index in [1.165, 1.54) is 43.4 Å². The second-order valence-electron chi connectivity index (χ2n) is 6.21. The zero-order chi connectivity index (χ0) is 13.9. The van der Waals surface area contributed by atoms with E-state index >= 15 is 0 Å². The topological polar surface area (TPSA) is 41.1 Å². The maximum atomic E-state index is 12.4. The molecule has 3 rings (SSSR count). The van der Waals surface area contributed by atoms with Crippen molar-refractivity contribution in [2.45, 2.75) is 51.5 Å². The van der Waals surface area contributed by atoms with E-state index in [1.807, 2.05) is 18.2 Å². The van der Waals surface area contributed by atoms with Crippen molar-refractivity contribution in [2.75, 3.05) is 11.9 Å². The van der Waals surface area contributed by atoms with Gasteiger partial charge in [-0.2, -0.15) is 0 Å². The summed E-state index contributed by atoms with van der Waals surface area (Å²) in [5, 5.41) is 6.52. The lowest BCUT2D eigenvalue weighted by Gasteiger charge is -2.28. The Hall–Kier alpha value is -1.51. The van der Waals surface area contributed by atoms with Crippen molar-refractivity contribution in [1.29, 1.82) is 0 Å². The van der Waals surface area contributed by atoms with Gasteiger partial charge in [0.05, 0.1) is 0 Å². The van der Waals surface area contributed by atoms with Gasteiger partial charge in [-0.3, -0.25) is 4.79 Å². The summed E-state index contributed by atoms with van der Waals surface area (Å²) in [5.74, 6) is 0.738. The van der Waals surface area contributed by atoms with Gasteiger partial charge in [0, 0.05) is 23.8 Å². The van der Waals surface area contributed by atoms with Gasteiger partial charge in [-0.15, -0.1) is 0 Å². The van der Waals surface area contributed by atoms with Crippen LogP contribution in [0.5, 0.6) is 0 Å². The van der Waals surface area contributed by atoms with Gasteiger partial charge >= 0.3 is 0 Å². The van der Waals surface area contributed by atoms with E-state index < -0.39 is 0 Å². The Kier molecular flexibility index (Phi) is 3.95. The summed E-state index contributed by atoms with van der Waals surface area (Å²) in [6.45, 7) is 3.14. The molecule has 1 heterocycles. The largest absolute Gasteiger partial charge is 0.384 e. The highest BCUT2D eigenvalue weighted by Gasteiger charge is 2.22. The molecule has 1 amide bonds. The predicted octanol–water partition coefficient (Wildman–Crippen LogP) is 3.35. The highest BCUT2D eigenvalue weighted by molar-refractivity contribution is 5.95. The Morgan fingerprint density at radius 3 is 2.90 bits per heavy atom. The van der Waals surface area contributed by atoms with Crippen LogP contribution in [0, 0.1) is 5.92 Å². The molecule has 3 heteroatoms. The van der Waals surface area contributed by atoms with Crippen LogP contribution in [0.3, 0.4) is 0 Å². The molecular weight excluding hydrogens is 248 g/mol. The summed E-state index contributed by atoms with van der Waals surface area (Å²) < 4.78 is 0. The molecule has 1 saturated carbocycles. The Morgan fingerprint density at radius 1 is 1.30 bits per heavy atom. The molecule has 20 heavy (non-hydrogen) atoms. The SMILES string of the molecule is CC(NC(=O)c1ccc2c(c1)CCN2)C1CCCCC1. The highest BCUT2D eigenvalue weighted by atomic mass is 16.1. The van der Waals surface area contributed by atoms with Crippen LogP contribution in [0.4, 0.5) is 5.69 Å². The molecule has 2 N–H and O–H groups in total. The van der Waals surface area contributed by atoms with Crippen molar-refractivity contribution in [3.05, 3.63) is 29.3 Å². The summed E-state index contributed by atoms with van der Waals surface area (Å²) in [7, 11) is 0. The first kappa shape index (κ1) is 13.5. The van der Waals surface area contributed by atoms with Gasteiger partial charge in [-0.05, 0) is 55.9 Å². The molecule has 1 aromatic carbocycles. The molecule has 1 atom stereocenters. The Balaban J connectivity index is 1.63. The van der Waals surface area contributed by atoms with Crippen LogP contribution < -0.4 is 10.6 Å². The first-order chi connectivity index (χ1) is 9.74. The number of amides is 1. The standard InChI is InChI=1S/C17H24N2O/c1-12(13-5-3-2-4-6-13)19-17(20)15-7-8-16-14(11-15)9-10-18-16/h7-8,11-13,18H,2-6,9-10H2,1H3,(H,19,20). The average Bonchev–Trinajstić information content (AvgIpc) is 2.95. The molecule has 2 aliphatic rings. The summed E-state index contributed by atoms with van der Waals surface area (Å²) in [6, 6.07) is 6.29. The Bertz CT molecular complexity index is 492. The highest BCUT2D eigenvalue weighted by Crippen LogP contribution is 2.27. The summed E-state index contributed by atoms with van der Waals surface area (Å²) in [5.41, 5.74) is 3.25. The molecular formula is C17H24N2O. The fourth-order valence-electron chi connectivity index (χ4n) is 3.49. The number of anilines is 1. The van der Waals surface area contributed by atoms with Crippen LogP contribution in [0.15, 0.2) is 18.2 Å². The van der Waals surface area contributed by atoms with Gasteiger partial charge in [0.1, 0.15) is 0 Å². The molecule has 108 valence electrons. The molecule has 3 nitrogen and oxygen atoms in total. The molecule has 0 radical (unpaired) electrons. The molecule has 0 spiro atoms. The number of nitrogens with one attached hydrogen (secondary N) is 2. The van der Waals surface area contributed by atoms with E-state index in [9.17, 15) is 4.79 Å². The van der Waals surface area contributed by atoms with E-state index in [0.29, 0.717) is 5.92 Å². The maximum absolute atomic E-state index is 12.4. The fraction of sp³-hybridized carbons (Fsp3) is 0.588. The molecule has 1 aliphatic heterocycles. The number of carbonyl (C=O) groups excluding carboxylic acids is 1. The number of carbonyl (C=O) groups is 1. The average molecular weight is 272 g/mol. The van der Waals surface area contributed by atoms with Crippen molar-refractivity contribution in [2.24, 2.45) is 5.92 Å². The van der Waals surface area contributed by atoms with Crippen molar-refractivity contribution in [3.8, 4) is 0 Å². The van der Waals surface area contributed by atoms with Crippen LogP contribution in [0.1, 0.15) is 54.9 Å². The lowest BCUT2D eigenvalue weighted by molar-refractivity contribution is 0.0919. The van der Waals surface area contributed by atoms with Crippen molar-refractivity contribution in [3.63, 3.8) is 0 Å². The van der Waals surface area contributed by atoms with Crippen LogP contribution in [-0.4, -0.2) is 18.5 Å². The Morgan fingerprint density at radius 2 is 2.10 bits per heavy atom. The van der Waals surface area contributed by atoms with Gasteiger partial charge in [0.15, 0.2) is 0 Å². The second-order valence-corrected chi connectivity index (χ2v) is 6.21. The molecule has 1 fully saturated rings. The molecule has 1 unspecified atom stereocenters. The third-order valence-corrected chi connectivity index (χ3v) is 4.79.